The van der Waals surface area contributed by atoms with E-state index in [2.05, 4.69) is 16.9 Å². The second kappa shape index (κ2) is 6.39. The van der Waals surface area contributed by atoms with Crippen LogP contribution in [0.3, 0.4) is 0 Å². The Hall–Kier alpha value is -2.37. The Balaban J connectivity index is 2.28. The standard InChI is InChI=1S/C15H20N4O2/c1-4-5-8-19(3)14(20)12-9-11(17-15(16)18-12)13-7-6-10(2)21-13/h6-7,9H,4-5,8H2,1-3H3,(H2,16,17,18). The van der Waals surface area contributed by atoms with Crippen molar-refractivity contribution in [3.8, 4) is 11.5 Å². The summed E-state index contributed by atoms with van der Waals surface area (Å²) in [5.41, 5.74) is 6.51. The van der Waals surface area contributed by atoms with Gasteiger partial charge in [-0.1, -0.05) is 13.3 Å². The summed E-state index contributed by atoms with van der Waals surface area (Å²) in [7, 11) is 1.76. The molecule has 2 heterocycles. The second-order valence-electron chi connectivity index (χ2n) is 4.99. The molecule has 0 fully saturated rings. The Morgan fingerprint density at radius 3 is 2.76 bits per heavy atom. The molecule has 0 unspecified atom stereocenters. The van der Waals surface area contributed by atoms with Gasteiger partial charge in [0.15, 0.2) is 5.76 Å². The smallest absolute Gasteiger partial charge is 0.272 e. The Morgan fingerprint density at radius 2 is 2.14 bits per heavy atom. The first kappa shape index (κ1) is 15.0. The number of unbranched alkanes of at least 4 members (excludes halogenated alkanes) is 1. The van der Waals surface area contributed by atoms with E-state index in [9.17, 15) is 4.79 Å². The highest BCUT2D eigenvalue weighted by atomic mass is 16.3. The number of rotatable bonds is 5. The summed E-state index contributed by atoms with van der Waals surface area (Å²) < 4.78 is 5.51. The maximum Gasteiger partial charge on any atom is 0.272 e. The first-order valence-electron chi connectivity index (χ1n) is 6.98. The molecule has 2 aromatic rings. The van der Waals surface area contributed by atoms with Gasteiger partial charge in [0.2, 0.25) is 5.95 Å². The predicted octanol–water partition coefficient (Wildman–Crippen LogP) is 2.50. The number of nitrogens with two attached hydrogens (primary N) is 1. The summed E-state index contributed by atoms with van der Waals surface area (Å²) in [5.74, 6) is 1.25. The van der Waals surface area contributed by atoms with Crippen LogP contribution in [0.15, 0.2) is 22.6 Å². The summed E-state index contributed by atoms with van der Waals surface area (Å²) >= 11 is 0. The second-order valence-corrected chi connectivity index (χ2v) is 4.99. The fraction of sp³-hybridized carbons (Fsp3) is 0.400. The number of carbonyl (C=O) groups excluding carboxylic acids is 1. The Labute approximate surface area is 124 Å². The van der Waals surface area contributed by atoms with Gasteiger partial charge in [-0.3, -0.25) is 4.79 Å². The van der Waals surface area contributed by atoms with Crippen LogP contribution in [0.4, 0.5) is 5.95 Å². The van der Waals surface area contributed by atoms with Crippen LogP contribution in [0.2, 0.25) is 0 Å². The van der Waals surface area contributed by atoms with Crippen molar-refractivity contribution in [2.75, 3.05) is 19.3 Å². The Kier molecular flexibility index (Phi) is 4.57. The summed E-state index contributed by atoms with van der Waals surface area (Å²) in [6, 6.07) is 5.24. The van der Waals surface area contributed by atoms with Gasteiger partial charge in [-0.2, -0.15) is 0 Å². The molecule has 6 nitrogen and oxygen atoms in total. The molecule has 0 saturated heterocycles. The van der Waals surface area contributed by atoms with Gasteiger partial charge in [0, 0.05) is 13.6 Å². The SMILES string of the molecule is CCCCN(C)C(=O)c1cc(-c2ccc(C)o2)nc(N)n1. The van der Waals surface area contributed by atoms with E-state index in [0.717, 1.165) is 18.6 Å². The van der Waals surface area contributed by atoms with E-state index in [1.54, 1.807) is 24.1 Å². The highest BCUT2D eigenvalue weighted by Gasteiger charge is 2.16. The summed E-state index contributed by atoms with van der Waals surface area (Å²) in [6.45, 7) is 4.62. The number of anilines is 1. The topological polar surface area (TPSA) is 85.2 Å². The van der Waals surface area contributed by atoms with Gasteiger partial charge in [0.25, 0.3) is 5.91 Å². The predicted molar refractivity (Wildman–Crippen MR) is 80.8 cm³/mol. The normalized spacial score (nSPS) is 10.6. The van der Waals surface area contributed by atoms with Gasteiger partial charge in [0.05, 0.1) is 0 Å². The first-order chi connectivity index (χ1) is 10.0. The lowest BCUT2D eigenvalue weighted by atomic mass is 10.2. The molecule has 0 aliphatic heterocycles. The van der Waals surface area contributed by atoms with Crippen molar-refractivity contribution in [1.82, 2.24) is 14.9 Å². The lowest BCUT2D eigenvalue weighted by Gasteiger charge is -2.16. The number of aryl methyl sites for hydroxylation is 1. The number of amides is 1. The third-order valence-electron chi connectivity index (χ3n) is 3.15. The highest BCUT2D eigenvalue weighted by Crippen LogP contribution is 2.21. The van der Waals surface area contributed by atoms with Crippen molar-refractivity contribution in [1.29, 1.82) is 0 Å². The van der Waals surface area contributed by atoms with Gasteiger partial charge < -0.3 is 15.1 Å². The van der Waals surface area contributed by atoms with Crippen molar-refractivity contribution in [3.05, 3.63) is 29.7 Å². The lowest BCUT2D eigenvalue weighted by molar-refractivity contribution is 0.0787. The molecule has 1 amide bonds. The maximum absolute atomic E-state index is 12.3. The monoisotopic (exact) mass is 288 g/mol. The van der Waals surface area contributed by atoms with Crippen LogP contribution in [-0.2, 0) is 0 Å². The van der Waals surface area contributed by atoms with E-state index < -0.39 is 0 Å². The van der Waals surface area contributed by atoms with Crippen molar-refractivity contribution in [2.24, 2.45) is 0 Å². The van der Waals surface area contributed by atoms with Gasteiger partial charge in [0.1, 0.15) is 17.1 Å². The maximum atomic E-state index is 12.3. The fourth-order valence-electron chi connectivity index (χ4n) is 1.97. The highest BCUT2D eigenvalue weighted by molar-refractivity contribution is 5.93. The van der Waals surface area contributed by atoms with Crippen molar-refractivity contribution in [3.63, 3.8) is 0 Å². The van der Waals surface area contributed by atoms with Crippen LogP contribution in [0.1, 0.15) is 36.0 Å². The molecular formula is C15H20N4O2. The van der Waals surface area contributed by atoms with Crippen molar-refractivity contribution < 1.29 is 9.21 Å². The Morgan fingerprint density at radius 1 is 1.38 bits per heavy atom. The minimum atomic E-state index is -0.165. The van der Waals surface area contributed by atoms with Gasteiger partial charge in [-0.15, -0.1) is 0 Å². The summed E-state index contributed by atoms with van der Waals surface area (Å²) in [4.78, 5) is 22.1. The van der Waals surface area contributed by atoms with E-state index in [4.69, 9.17) is 10.2 Å². The molecule has 6 heteroatoms. The van der Waals surface area contributed by atoms with E-state index in [1.807, 2.05) is 13.0 Å². The van der Waals surface area contributed by atoms with Crippen LogP contribution < -0.4 is 5.73 Å². The average Bonchev–Trinajstić information content (AvgIpc) is 2.90. The molecule has 0 bridgehead atoms. The van der Waals surface area contributed by atoms with Crippen LogP contribution in [0, 0.1) is 6.92 Å². The summed E-state index contributed by atoms with van der Waals surface area (Å²) in [6.07, 6.45) is 1.98. The van der Waals surface area contributed by atoms with Crippen LogP contribution >= 0.6 is 0 Å². The first-order valence-corrected chi connectivity index (χ1v) is 6.98. The zero-order chi connectivity index (χ0) is 15.4. The number of nitrogen functional groups attached to an aromatic ring is 1. The van der Waals surface area contributed by atoms with Crippen molar-refractivity contribution >= 4 is 11.9 Å². The minimum absolute atomic E-state index is 0.0637. The molecule has 0 spiro atoms. The van der Waals surface area contributed by atoms with E-state index in [1.165, 1.54) is 0 Å². The molecule has 2 N–H and O–H groups in total. The molecule has 0 aliphatic carbocycles. The fourth-order valence-corrected chi connectivity index (χ4v) is 1.97. The molecule has 2 rings (SSSR count). The van der Waals surface area contributed by atoms with Crippen LogP contribution in [0.25, 0.3) is 11.5 Å². The molecule has 0 aromatic carbocycles. The molecule has 112 valence electrons. The van der Waals surface area contributed by atoms with Gasteiger partial charge in [-0.25, -0.2) is 9.97 Å². The summed E-state index contributed by atoms with van der Waals surface area (Å²) in [5, 5.41) is 0. The minimum Gasteiger partial charge on any atom is -0.460 e. The Bertz CT molecular complexity index is 636. The van der Waals surface area contributed by atoms with E-state index in [-0.39, 0.29) is 17.5 Å². The number of nitrogens with zero attached hydrogens (tertiary/aromatic N) is 3. The van der Waals surface area contributed by atoms with Crippen molar-refractivity contribution in [2.45, 2.75) is 26.7 Å². The van der Waals surface area contributed by atoms with E-state index in [0.29, 0.717) is 18.0 Å². The van der Waals surface area contributed by atoms with Gasteiger partial charge >= 0.3 is 0 Å². The molecule has 2 aromatic heterocycles. The molecule has 0 saturated carbocycles. The molecule has 0 radical (unpaired) electrons. The third-order valence-corrected chi connectivity index (χ3v) is 3.15. The quantitative estimate of drug-likeness (QED) is 0.913. The zero-order valence-corrected chi connectivity index (χ0v) is 12.6. The van der Waals surface area contributed by atoms with Crippen LogP contribution in [-0.4, -0.2) is 34.4 Å². The lowest BCUT2D eigenvalue weighted by Crippen LogP contribution is -2.28. The number of hydrogen-bond donors (Lipinski definition) is 1. The molecule has 0 aliphatic rings. The average molecular weight is 288 g/mol. The largest absolute Gasteiger partial charge is 0.460 e. The molecular weight excluding hydrogens is 268 g/mol. The number of furan rings is 1. The molecule has 21 heavy (non-hydrogen) atoms. The van der Waals surface area contributed by atoms with Crippen LogP contribution in [0.5, 0.6) is 0 Å². The number of aromatic nitrogens is 2. The number of carbonyl (C=O) groups is 1. The van der Waals surface area contributed by atoms with Gasteiger partial charge in [-0.05, 0) is 31.5 Å². The number of hydrogen-bond acceptors (Lipinski definition) is 5. The zero-order valence-electron chi connectivity index (χ0n) is 12.6. The van der Waals surface area contributed by atoms with E-state index >= 15 is 0 Å². The third kappa shape index (κ3) is 3.59. The molecule has 0 atom stereocenters.